The van der Waals surface area contributed by atoms with Gasteiger partial charge in [-0.25, -0.2) is 4.99 Å². The van der Waals surface area contributed by atoms with Gasteiger partial charge in [0, 0.05) is 6.21 Å². The molecule has 2 nitrogen and oxygen atoms in total. The molecule has 0 aliphatic heterocycles. The SMILES string of the molecule is CC=NC(=O)C(C)(Cl)CC. The normalized spacial score (nSPS) is 17.2. The number of rotatable bonds is 2. The molecule has 0 bridgehead atoms. The van der Waals surface area contributed by atoms with E-state index in [1.165, 1.54) is 6.21 Å². The maximum Gasteiger partial charge on any atom is 0.266 e. The van der Waals surface area contributed by atoms with E-state index in [2.05, 4.69) is 4.99 Å². The molecule has 10 heavy (non-hydrogen) atoms. The van der Waals surface area contributed by atoms with Gasteiger partial charge in [-0.3, -0.25) is 4.79 Å². The van der Waals surface area contributed by atoms with Crippen molar-refractivity contribution in [3.05, 3.63) is 0 Å². The minimum Gasteiger partial charge on any atom is -0.271 e. The largest absolute Gasteiger partial charge is 0.271 e. The number of nitrogens with zero attached hydrogens (tertiary/aromatic N) is 1. The van der Waals surface area contributed by atoms with Crippen LogP contribution < -0.4 is 0 Å². The number of halogens is 1. The molecule has 0 rings (SSSR count). The Morgan fingerprint density at radius 2 is 2.30 bits per heavy atom. The molecule has 0 N–H and O–H groups in total. The van der Waals surface area contributed by atoms with E-state index < -0.39 is 4.87 Å². The lowest BCUT2D eigenvalue weighted by molar-refractivity contribution is -0.119. The fourth-order valence-electron chi connectivity index (χ4n) is 0.403. The highest BCUT2D eigenvalue weighted by Crippen LogP contribution is 2.19. The van der Waals surface area contributed by atoms with Crippen molar-refractivity contribution in [2.45, 2.75) is 32.1 Å². The third kappa shape index (κ3) is 2.48. The van der Waals surface area contributed by atoms with Crippen LogP contribution in [0.4, 0.5) is 0 Å². The molecule has 0 heterocycles. The smallest absolute Gasteiger partial charge is 0.266 e. The standard InChI is InChI=1S/C7H12ClNO/c1-4-7(3,8)6(10)9-5-2/h5H,4H2,1-3H3. The molecular formula is C7H12ClNO. The van der Waals surface area contributed by atoms with Gasteiger partial charge in [0.25, 0.3) is 5.91 Å². The van der Waals surface area contributed by atoms with Gasteiger partial charge in [0.2, 0.25) is 0 Å². The molecule has 58 valence electrons. The van der Waals surface area contributed by atoms with E-state index in [4.69, 9.17) is 11.6 Å². The Hall–Kier alpha value is -0.370. The Labute approximate surface area is 66.3 Å². The minimum absolute atomic E-state index is 0.265. The van der Waals surface area contributed by atoms with Crippen LogP contribution in [0, 0.1) is 0 Å². The highest BCUT2D eigenvalue weighted by atomic mass is 35.5. The lowest BCUT2D eigenvalue weighted by atomic mass is 10.1. The summed E-state index contributed by atoms with van der Waals surface area (Å²) in [7, 11) is 0. The van der Waals surface area contributed by atoms with Crippen LogP contribution in [0.3, 0.4) is 0 Å². The number of aliphatic imine (C=N–C) groups is 1. The summed E-state index contributed by atoms with van der Waals surface area (Å²) in [5, 5.41) is 0. The molecule has 1 atom stereocenters. The van der Waals surface area contributed by atoms with Crippen molar-refractivity contribution in [1.82, 2.24) is 0 Å². The zero-order valence-corrected chi connectivity index (χ0v) is 7.27. The third-order valence-corrected chi connectivity index (χ3v) is 1.79. The van der Waals surface area contributed by atoms with Crippen molar-refractivity contribution in [3.63, 3.8) is 0 Å². The van der Waals surface area contributed by atoms with Gasteiger partial charge >= 0.3 is 0 Å². The number of carbonyl (C=O) groups is 1. The molecule has 3 heteroatoms. The molecule has 0 aliphatic rings. The third-order valence-electron chi connectivity index (χ3n) is 1.36. The van der Waals surface area contributed by atoms with E-state index in [0.717, 1.165) is 0 Å². The predicted octanol–water partition coefficient (Wildman–Crippen LogP) is 2.01. The van der Waals surface area contributed by atoms with E-state index in [1.807, 2.05) is 6.92 Å². The zero-order valence-electron chi connectivity index (χ0n) is 6.52. The Kier molecular flexibility index (Phi) is 3.58. The van der Waals surface area contributed by atoms with Gasteiger partial charge in [0.15, 0.2) is 0 Å². The molecule has 1 amide bonds. The first kappa shape index (κ1) is 9.63. The molecule has 0 aromatic rings. The van der Waals surface area contributed by atoms with Crippen molar-refractivity contribution in [3.8, 4) is 0 Å². The molecule has 0 fully saturated rings. The summed E-state index contributed by atoms with van der Waals surface area (Å²) in [4.78, 5) is 13.7. The molecule has 0 aromatic carbocycles. The summed E-state index contributed by atoms with van der Waals surface area (Å²) >= 11 is 5.79. The Morgan fingerprint density at radius 1 is 1.80 bits per heavy atom. The van der Waals surface area contributed by atoms with Gasteiger partial charge in [0.05, 0.1) is 0 Å². The fourth-order valence-corrected chi connectivity index (χ4v) is 0.452. The van der Waals surface area contributed by atoms with Crippen LogP contribution in [-0.2, 0) is 4.79 Å². The molecular weight excluding hydrogens is 150 g/mol. The van der Waals surface area contributed by atoms with E-state index in [-0.39, 0.29) is 5.91 Å². The molecule has 1 unspecified atom stereocenters. The van der Waals surface area contributed by atoms with Crippen molar-refractivity contribution < 1.29 is 4.79 Å². The topological polar surface area (TPSA) is 29.4 Å². The van der Waals surface area contributed by atoms with Crippen molar-refractivity contribution in [1.29, 1.82) is 0 Å². The lowest BCUT2D eigenvalue weighted by Gasteiger charge is -2.13. The quantitative estimate of drug-likeness (QED) is 0.450. The number of alkyl halides is 1. The summed E-state index contributed by atoms with van der Waals surface area (Å²) in [5.74, 6) is -0.265. The monoisotopic (exact) mass is 161 g/mol. The van der Waals surface area contributed by atoms with Crippen LogP contribution in [-0.4, -0.2) is 17.0 Å². The summed E-state index contributed by atoms with van der Waals surface area (Å²) in [6, 6.07) is 0. The van der Waals surface area contributed by atoms with Gasteiger partial charge in [0.1, 0.15) is 4.87 Å². The molecule has 0 saturated heterocycles. The molecule has 0 aromatic heterocycles. The van der Waals surface area contributed by atoms with Gasteiger partial charge in [-0.05, 0) is 20.3 Å². The van der Waals surface area contributed by atoms with Crippen molar-refractivity contribution in [2.75, 3.05) is 0 Å². The van der Waals surface area contributed by atoms with E-state index in [9.17, 15) is 4.79 Å². The maximum atomic E-state index is 11.0. The van der Waals surface area contributed by atoms with Crippen LogP contribution in [0.15, 0.2) is 4.99 Å². The molecule has 0 spiro atoms. The van der Waals surface area contributed by atoms with E-state index in [0.29, 0.717) is 6.42 Å². The highest BCUT2D eigenvalue weighted by Gasteiger charge is 2.26. The van der Waals surface area contributed by atoms with E-state index >= 15 is 0 Å². The fraction of sp³-hybridized carbons (Fsp3) is 0.714. The second-order valence-corrected chi connectivity index (χ2v) is 3.08. The van der Waals surface area contributed by atoms with Crippen LogP contribution in [0.5, 0.6) is 0 Å². The summed E-state index contributed by atoms with van der Waals surface area (Å²) in [5.41, 5.74) is 0. The average molecular weight is 162 g/mol. The molecule has 0 aliphatic carbocycles. The number of hydrogen-bond donors (Lipinski definition) is 0. The number of hydrogen-bond acceptors (Lipinski definition) is 1. The summed E-state index contributed by atoms with van der Waals surface area (Å²) in [6.07, 6.45) is 2.06. The first-order chi connectivity index (χ1) is 4.54. The van der Waals surface area contributed by atoms with Crippen molar-refractivity contribution >= 4 is 23.7 Å². The Bertz CT molecular complexity index is 152. The Balaban J connectivity index is 4.18. The first-order valence-electron chi connectivity index (χ1n) is 3.26. The summed E-state index contributed by atoms with van der Waals surface area (Å²) < 4.78 is 0. The number of carbonyl (C=O) groups excluding carboxylic acids is 1. The van der Waals surface area contributed by atoms with Crippen LogP contribution in [0.25, 0.3) is 0 Å². The molecule has 0 radical (unpaired) electrons. The number of amides is 1. The zero-order chi connectivity index (χ0) is 8.20. The first-order valence-corrected chi connectivity index (χ1v) is 3.64. The average Bonchev–Trinajstić information content (AvgIpc) is 1.89. The van der Waals surface area contributed by atoms with Crippen LogP contribution in [0.2, 0.25) is 0 Å². The van der Waals surface area contributed by atoms with Gasteiger partial charge in [-0.2, -0.15) is 0 Å². The van der Waals surface area contributed by atoms with E-state index in [1.54, 1.807) is 13.8 Å². The Morgan fingerprint density at radius 3 is 2.60 bits per heavy atom. The van der Waals surface area contributed by atoms with Gasteiger partial charge < -0.3 is 0 Å². The van der Waals surface area contributed by atoms with Crippen molar-refractivity contribution in [2.24, 2.45) is 4.99 Å². The second kappa shape index (κ2) is 3.71. The van der Waals surface area contributed by atoms with Crippen LogP contribution >= 0.6 is 11.6 Å². The second-order valence-electron chi connectivity index (χ2n) is 2.24. The van der Waals surface area contributed by atoms with Gasteiger partial charge in [-0.1, -0.05) is 6.92 Å². The highest BCUT2D eigenvalue weighted by molar-refractivity contribution is 6.35. The summed E-state index contributed by atoms with van der Waals surface area (Å²) in [6.45, 7) is 5.22. The van der Waals surface area contributed by atoms with Crippen LogP contribution in [0.1, 0.15) is 27.2 Å². The minimum atomic E-state index is -0.813. The van der Waals surface area contributed by atoms with Gasteiger partial charge in [-0.15, -0.1) is 11.6 Å². The lowest BCUT2D eigenvalue weighted by Crippen LogP contribution is -2.25. The predicted molar refractivity (Wildman–Crippen MR) is 43.7 cm³/mol. The maximum absolute atomic E-state index is 11.0. The molecule has 0 saturated carbocycles.